The van der Waals surface area contributed by atoms with Gasteiger partial charge in [-0.25, -0.2) is 4.68 Å². The predicted octanol–water partition coefficient (Wildman–Crippen LogP) is 1.11. The van der Waals surface area contributed by atoms with Crippen LogP contribution in [0.5, 0.6) is 5.75 Å². The Bertz CT molecular complexity index is 479. The standard InChI is InChI=1S/C10H9N3O2/c1-8-6-13(12-11-8)9-3-2-4-10(5-9)15-7-14/h2-7H,1H3. The second kappa shape index (κ2) is 3.91. The molecule has 0 unspecified atom stereocenters. The lowest BCUT2D eigenvalue weighted by atomic mass is 10.3. The van der Waals surface area contributed by atoms with Crippen LogP contribution in [0.4, 0.5) is 0 Å². The third kappa shape index (κ3) is 2.01. The van der Waals surface area contributed by atoms with E-state index >= 15 is 0 Å². The minimum Gasteiger partial charge on any atom is -0.429 e. The molecule has 1 heterocycles. The fourth-order valence-corrected chi connectivity index (χ4v) is 1.23. The molecule has 1 aromatic carbocycles. The van der Waals surface area contributed by atoms with Crippen molar-refractivity contribution in [3.8, 4) is 11.4 Å². The van der Waals surface area contributed by atoms with Crippen molar-refractivity contribution in [3.63, 3.8) is 0 Å². The van der Waals surface area contributed by atoms with Crippen LogP contribution < -0.4 is 4.74 Å². The topological polar surface area (TPSA) is 57.0 Å². The van der Waals surface area contributed by atoms with E-state index in [1.165, 1.54) is 0 Å². The van der Waals surface area contributed by atoms with Gasteiger partial charge in [0.1, 0.15) is 5.75 Å². The van der Waals surface area contributed by atoms with E-state index in [1.807, 2.05) is 13.0 Å². The molecule has 15 heavy (non-hydrogen) atoms. The van der Waals surface area contributed by atoms with Crippen molar-refractivity contribution in [1.29, 1.82) is 0 Å². The molecule has 0 aliphatic rings. The number of nitrogens with zero attached hydrogens (tertiary/aromatic N) is 3. The molecule has 0 atom stereocenters. The van der Waals surface area contributed by atoms with Crippen molar-refractivity contribution in [1.82, 2.24) is 15.0 Å². The molecule has 0 aliphatic heterocycles. The number of aromatic nitrogens is 3. The van der Waals surface area contributed by atoms with Gasteiger partial charge in [0.2, 0.25) is 0 Å². The first-order valence-corrected chi connectivity index (χ1v) is 4.39. The van der Waals surface area contributed by atoms with Gasteiger partial charge in [-0.2, -0.15) is 0 Å². The van der Waals surface area contributed by atoms with E-state index in [4.69, 9.17) is 4.74 Å². The molecule has 5 heteroatoms. The number of carbonyl (C=O) groups is 1. The summed E-state index contributed by atoms with van der Waals surface area (Å²) in [6.45, 7) is 2.25. The lowest BCUT2D eigenvalue weighted by Gasteiger charge is -2.01. The van der Waals surface area contributed by atoms with E-state index in [-0.39, 0.29) is 0 Å². The average Bonchev–Trinajstić information content (AvgIpc) is 2.66. The maximum Gasteiger partial charge on any atom is 0.298 e. The molecule has 0 N–H and O–H groups in total. The molecular formula is C10H9N3O2. The summed E-state index contributed by atoms with van der Waals surface area (Å²) < 4.78 is 6.35. The van der Waals surface area contributed by atoms with Crippen molar-refractivity contribution in [3.05, 3.63) is 36.2 Å². The largest absolute Gasteiger partial charge is 0.429 e. The Labute approximate surface area is 86.3 Å². The van der Waals surface area contributed by atoms with Gasteiger partial charge in [0.05, 0.1) is 17.6 Å². The second-order valence-electron chi connectivity index (χ2n) is 3.02. The molecule has 0 saturated carbocycles. The normalized spacial score (nSPS) is 9.93. The third-order valence-corrected chi connectivity index (χ3v) is 1.87. The van der Waals surface area contributed by atoms with Crippen LogP contribution in [0.3, 0.4) is 0 Å². The Morgan fingerprint density at radius 2 is 2.33 bits per heavy atom. The molecule has 0 spiro atoms. The summed E-state index contributed by atoms with van der Waals surface area (Å²) in [5, 5.41) is 7.78. The fraction of sp³-hybridized carbons (Fsp3) is 0.100. The molecule has 5 nitrogen and oxygen atoms in total. The van der Waals surface area contributed by atoms with Gasteiger partial charge in [-0.1, -0.05) is 11.3 Å². The number of rotatable bonds is 3. The Hall–Kier alpha value is -2.17. The van der Waals surface area contributed by atoms with Crippen LogP contribution in [0.1, 0.15) is 5.69 Å². The van der Waals surface area contributed by atoms with E-state index in [0.29, 0.717) is 12.2 Å². The highest BCUT2D eigenvalue weighted by molar-refractivity contribution is 5.48. The van der Waals surface area contributed by atoms with Crippen LogP contribution in [-0.4, -0.2) is 21.5 Å². The van der Waals surface area contributed by atoms with Crippen LogP contribution >= 0.6 is 0 Å². The molecule has 76 valence electrons. The number of ether oxygens (including phenoxy) is 1. The van der Waals surface area contributed by atoms with E-state index in [2.05, 4.69) is 10.3 Å². The molecule has 0 radical (unpaired) electrons. The zero-order chi connectivity index (χ0) is 10.7. The highest BCUT2D eigenvalue weighted by Crippen LogP contribution is 2.15. The number of benzene rings is 1. The zero-order valence-electron chi connectivity index (χ0n) is 8.12. The second-order valence-corrected chi connectivity index (χ2v) is 3.02. The number of carbonyl (C=O) groups excluding carboxylic acids is 1. The van der Waals surface area contributed by atoms with Gasteiger partial charge < -0.3 is 4.74 Å². The van der Waals surface area contributed by atoms with Crippen molar-refractivity contribution in [2.45, 2.75) is 6.92 Å². The van der Waals surface area contributed by atoms with Gasteiger partial charge in [0, 0.05) is 6.07 Å². The van der Waals surface area contributed by atoms with Gasteiger partial charge >= 0.3 is 0 Å². The summed E-state index contributed by atoms with van der Waals surface area (Å²) in [5.74, 6) is 0.482. The van der Waals surface area contributed by atoms with Crippen molar-refractivity contribution >= 4 is 6.47 Å². The molecule has 1 aromatic heterocycles. The highest BCUT2D eigenvalue weighted by atomic mass is 16.5. The maximum atomic E-state index is 10.2. The van der Waals surface area contributed by atoms with E-state index in [0.717, 1.165) is 11.4 Å². The van der Waals surface area contributed by atoms with Crippen LogP contribution in [-0.2, 0) is 4.79 Å². The Balaban J connectivity index is 2.36. The maximum absolute atomic E-state index is 10.2. The molecule has 0 saturated heterocycles. The summed E-state index contributed by atoms with van der Waals surface area (Å²) in [6.07, 6.45) is 1.79. The van der Waals surface area contributed by atoms with Crippen LogP contribution in [0.25, 0.3) is 5.69 Å². The van der Waals surface area contributed by atoms with Crippen molar-refractivity contribution in [2.24, 2.45) is 0 Å². The van der Waals surface area contributed by atoms with Gasteiger partial charge in [0.25, 0.3) is 6.47 Å². The minimum atomic E-state index is 0.395. The summed E-state index contributed by atoms with van der Waals surface area (Å²) in [6, 6.07) is 7.04. The first kappa shape index (κ1) is 9.39. The number of hydrogen-bond donors (Lipinski definition) is 0. The van der Waals surface area contributed by atoms with E-state index in [9.17, 15) is 4.79 Å². The minimum absolute atomic E-state index is 0.395. The summed E-state index contributed by atoms with van der Waals surface area (Å²) >= 11 is 0. The molecule has 0 amide bonds. The zero-order valence-corrected chi connectivity index (χ0v) is 8.12. The Morgan fingerprint density at radius 3 is 3.00 bits per heavy atom. The molecule has 0 fully saturated rings. The lowest BCUT2D eigenvalue weighted by Crippen LogP contribution is -1.96. The average molecular weight is 203 g/mol. The molecule has 2 aromatic rings. The first-order chi connectivity index (χ1) is 7.29. The summed E-state index contributed by atoms with van der Waals surface area (Å²) in [7, 11) is 0. The monoisotopic (exact) mass is 203 g/mol. The predicted molar refractivity (Wildman–Crippen MR) is 52.8 cm³/mol. The molecule has 2 rings (SSSR count). The van der Waals surface area contributed by atoms with Gasteiger partial charge in [-0.15, -0.1) is 5.10 Å². The molecule has 0 bridgehead atoms. The van der Waals surface area contributed by atoms with Crippen LogP contribution in [0.15, 0.2) is 30.5 Å². The van der Waals surface area contributed by atoms with E-state index < -0.39 is 0 Å². The van der Waals surface area contributed by atoms with Crippen LogP contribution in [0.2, 0.25) is 0 Å². The summed E-state index contributed by atoms with van der Waals surface area (Å²) in [5.41, 5.74) is 1.63. The number of hydrogen-bond acceptors (Lipinski definition) is 4. The SMILES string of the molecule is Cc1cn(-c2cccc(OC=O)c2)nn1. The molecule has 0 aliphatic carbocycles. The highest BCUT2D eigenvalue weighted by Gasteiger charge is 2.00. The quantitative estimate of drug-likeness (QED) is 0.701. The van der Waals surface area contributed by atoms with E-state index in [1.54, 1.807) is 29.1 Å². The van der Waals surface area contributed by atoms with Crippen LogP contribution in [0, 0.1) is 6.92 Å². The van der Waals surface area contributed by atoms with Crippen molar-refractivity contribution < 1.29 is 9.53 Å². The first-order valence-electron chi connectivity index (χ1n) is 4.39. The smallest absolute Gasteiger partial charge is 0.298 e. The number of aryl methyl sites for hydroxylation is 1. The van der Waals surface area contributed by atoms with Crippen molar-refractivity contribution in [2.75, 3.05) is 0 Å². The van der Waals surface area contributed by atoms with Gasteiger partial charge in [-0.05, 0) is 19.1 Å². The third-order valence-electron chi connectivity index (χ3n) is 1.87. The Morgan fingerprint density at radius 1 is 1.47 bits per heavy atom. The Kier molecular flexibility index (Phi) is 2.45. The lowest BCUT2D eigenvalue weighted by molar-refractivity contribution is -0.120. The van der Waals surface area contributed by atoms with Gasteiger partial charge in [-0.3, -0.25) is 4.79 Å². The molecular weight excluding hydrogens is 194 g/mol. The summed E-state index contributed by atoms with van der Waals surface area (Å²) in [4.78, 5) is 10.2. The van der Waals surface area contributed by atoms with Gasteiger partial charge in [0.15, 0.2) is 0 Å². The fourth-order valence-electron chi connectivity index (χ4n) is 1.23.